The summed E-state index contributed by atoms with van der Waals surface area (Å²) in [6.45, 7) is 2.07. The number of hydrogen-bond acceptors (Lipinski definition) is 2. The zero-order valence-corrected chi connectivity index (χ0v) is 18.4. The Kier molecular flexibility index (Phi) is 7.13. The van der Waals surface area contributed by atoms with E-state index in [-0.39, 0.29) is 11.9 Å². The lowest BCUT2D eigenvalue weighted by molar-refractivity contribution is -0.121. The monoisotopic (exact) mass is 423 g/mol. The molecule has 4 rings (SSSR count). The summed E-state index contributed by atoms with van der Waals surface area (Å²) < 4.78 is 1.90. The predicted molar refractivity (Wildman–Crippen MR) is 130 cm³/mol. The molecular formula is C28H29N3O. The van der Waals surface area contributed by atoms with Crippen molar-refractivity contribution in [3.05, 3.63) is 108 Å². The van der Waals surface area contributed by atoms with E-state index in [1.807, 2.05) is 65.5 Å². The fraction of sp³-hybridized carbons (Fsp3) is 0.214. The first-order valence-corrected chi connectivity index (χ1v) is 11.2. The molecule has 0 saturated heterocycles. The Morgan fingerprint density at radius 2 is 1.50 bits per heavy atom. The van der Waals surface area contributed by atoms with E-state index in [1.54, 1.807) is 0 Å². The van der Waals surface area contributed by atoms with Gasteiger partial charge < -0.3 is 5.32 Å². The second-order valence-electron chi connectivity index (χ2n) is 8.14. The average molecular weight is 424 g/mol. The molecule has 4 aromatic rings. The van der Waals surface area contributed by atoms with Crippen LogP contribution in [0.4, 0.5) is 0 Å². The summed E-state index contributed by atoms with van der Waals surface area (Å²) in [6.07, 6.45) is 5.02. The Bertz CT molecular complexity index is 1120. The average Bonchev–Trinajstić information content (AvgIpc) is 3.28. The molecule has 162 valence electrons. The van der Waals surface area contributed by atoms with Gasteiger partial charge in [0.2, 0.25) is 5.91 Å². The first-order chi connectivity index (χ1) is 15.7. The molecule has 1 heterocycles. The summed E-state index contributed by atoms with van der Waals surface area (Å²) in [5, 5.41) is 7.99. The van der Waals surface area contributed by atoms with Crippen LogP contribution >= 0.6 is 0 Å². The smallest absolute Gasteiger partial charge is 0.220 e. The van der Waals surface area contributed by atoms with Gasteiger partial charge in [-0.1, -0.05) is 78.9 Å². The Balaban J connectivity index is 1.40. The third-order valence-corrected chi connectivity index (χ3v) is 5.60. The molecule has 0 radical (unpaired) electrons. The lowest BCUT2D eigenvalue weighted by atomic mass is 10.0. The van der Waals surface area contributed by atoms with Crippen molar-refractivity contribution in [3.8, 4) is 16.9 Å². The fourth-order valence-corrected chi connectivity index (χ4v) is 3.84. The summed E-state index contributed by atoms with van der Waals surface area (Å²) >= 11 is 0. The number of nitrogens with one attached hydrogen (secondary N) is 1. The minimum atomic E-state index is 0.0806. The van der Waals surface area contributed by atoms with Gasteiger partial charge in [-0.05, 0) is 49.4 Å². The number of amides is 1. The fourth-order valence-electron chi connectivity index (χ4n) is 3.84. The van der Waals surface area contributed by atoms with Crippen LogP contribution in [0, 0.1) is 0 Å². The number of benzene rings is 3. The van der Waals surface area contributed by atoms with Gasteiger partial charge in [0, 0.05) is 24.2 Å². The highest BCUT2D eigenvalue weighted by Crippen LogP contribution is 2.24. The number of carbonyl (C=O) groups excluding carboxylic acids is 1. The van der Waals surface area contributed by atoms with Crippen LogP contribution in [-0.4, -0.2) is 21.7 Å². The summed E-state index contributed by atoms with van der Waals surface area (Å²) in [4.78, 5) is 12.6. The number of aromatic nitrogens is 2. The molecule has 4 nitrogen and oxygen atoms in total. The molecule has 0 aliphatic heterocycles. The van der Waals surface area contributed by atoms with Crippen LogP contribution in [0.25, 0.3) is 16.9 Å². The molecule has 3 aromatic carbocycles. The number of nitrogens with zero attached hydrogens (tertiary/aromatic N) is 2. The highest BCUT2D eigenvalue weighted by atomic mass is 16.1. The molecule has 0 aliphatic rings. The standard InChI is InChI=1S/C28H29N3O/c1-22(17-18-23-11-5-2-6-12-23)29-27(32)20-19-25-21-31(26-15-9-4-10-16-26)30-28(25)24-13-7-3-8-14-24/h2-16,21-22H,17-20H2,1H3,(H,29,32)/t22-/m1/s1. The Hall–Kier alpha value is -3.66. The van der Waals surface area contributed by atoms with Crippen molar-refractivity contribution in [2.45, 2.75) is 38.6 Å². The molecule has 0 spiro atoms. The van der Waals surface area contributed by atoms with Gasteiger partial charge in [0.05, 0.1) is 11.4 Å². The van der Waals surface area contributed by atoms with E-state index in [2.05, 4.69) is 48.6 Å². The molecule has 1 aromatic heterocycles. The molecule has 1 amide bonds. The predicted octanol–water partition coefficient (Wildman–Crippen LogP) is 5.61. The summed E-state index contributed by atoms with van der Waals surface area (Å²) in [7, 11) is 0. The van der Waals surface area contributed by atoms with Gasteiger partial charge in [-0.3, -0.25) is 4.79 Å². The minimum absolute atomic E-state index is 0.0806. The number of carbonyl (C=O) groups is 1. The summed E-state index contributed by atoms with van der Waals surface area (Å²) in [5.74, 6) is 0.0806. The van der Waals surface area contributed by atoms with E-state index in [0.717, 1.165) is 35.3 Å². The maximum atomic E-state index is 12.6. The highest BCUT2D eigenvalue weighted by Gasteiger charge is 2.14. The van der Waals surface area contributed by atoms with Crippen LogP contribution in [0.2, 0.25) is 0 Å². The molecule has 0 saturated carbocycles. The van der Waals surface area contributed by atoms with Crippen molar-refractivity contribution in [2.24, 2.45) is 0 Å². The van der Waals surface area contributed by atoms with Crippen molar-refractivity contribution in [1.29, 1.82) is 0 Å². The topological polar surface area (TPSA) is 46.9 Å². The summed E-state index contributed by atoms with van der Waals surface area (Å²) in [5.41, 5.74) is 5.38. The second-order valence-corrected chi connectivity index (χ2v) is 8.14. The van der Waals surface area contributed by atoms with Crippen molar-refractivity contribution in [1.82, 2.24) is 15.1 Å². The molecule has 0 aliphatic carbocycles. The first-order valence-electron chi connectivity index (χ1n) is 11.2. The Morgan fingerprint density at radius 1 is 0.875 bits per heavy atom. The molecule has 1 atom stereocenters. The molecule has 0 bridgehead atoms. The van der Waals surface area contributed by atoms with Crippen LogP contribution in [0.15, 0.2) is 97.2 Å². The Labute approximate surface area is 189 Å². The molecular weight excluding hydrogens is 394 g/mol. The van der Waals surface area contributed by atoms with Crippen LogP contribution < -0.4 is 5.32 Å². The van der Waals surface area contributed by atoms with E-state index < -0.39 is 0 Å². The van der Waals surface area contributed by atoms with Crippen LogP contribution in [0.1, 0.15) is 30.9 Å². The normalized spacial score (nSPS) is 11.8. The van der Waals surface area contributed by atoms with E-state index in [9.17, 15) is 4.79 Å². The van der Waals surface area contributed by atoms with Gasteiger partial charge >= 0.3 is 0 Å². The molecule has 0 fully saturated rings. The third-order valence-electron chi connectivity index (χ3n) is 5.60. The van der Waals surface area contributed by atoms with E-state index in [1.165, 1.54) is 5.56 Å². The lowest BCUT2D eigenvalue weighted by Crippen LogP contribution is -2.33. The van der Waals surface area contributed by atoms with Crippen LogP contribution in [0.5, 0.6) is 0 Å². The minimum Gasteiger partial charge on any atom is -0.354 e. The van der Waals surface area contributed by atoms with Gasteiger partial charge in [-0.25, -0.2) is 4.68 Å². The van der Waals surface area contributed by atoms with Gasteiger partial charge in [-0.15, -0.1) is 0 Å². The zero-order valence-electron chi connectivity index (χ0n) is 18.4. The van der Waals surface area contributed by atoms with Crippen molar-refractivity contribution < 1.29 is 4.79 Å². The maximum absolute atomic E-state index is 12.6. The highest BCUT2D eigenvalue weighted by molar-refractivity contribution is 5.77. The van der Waals surface area contributed by atoms with Gasteiger partial charge in [0.1, 0.15) is 0 Å². The van der Waals surface area contributed by atoms with Crippen molar-refractivity contribution >= 4 is 5.91 Å². The van der Waals surface area contributed by atoms with Gasteiger partial charge in [-0.2, -0.15) is 5.10 Å². The van der Waals surface area contributed by atoms with E-state index >= 15 is 0 Å². The number of rotatable bonds is 9. The third kappa shape index (κ3) is 5.73. The van der Waals surface area contributed by atoms with Crippen LogP contribution in [0.3, 0.4) is 0 Å². The van der Waals surface area contributed by atoms with Crippen molar-refractivity contribution in [3.63, 3.8) is 0 Å². The zero-order chi connectivity index (χ0) is 22.2. The van der Waals surface area contributed by atoms with Gasteiger partial charge in [0.15, 0.2) is 0 Å². The molecule has 4 heteroatoms. The van der Waals surface area contributed by atoms with Crippen LogP contribution in [-0.2, 0) is 17.6 Å². The summed E-state index contributed by atoms with van der Waals surface area (Å²) in [6, 6.07) is 30.8. The maximum Gasteiger partial charge on any atom is 0.220 e. The number of hydrogen-bond donors (Lipinski definition) is 1. The molecule has 32 heavy (non-hydrogen) atoms. The lowest BCUT2D eigenvalue weighted by Gasteiger charge is -2.14. The molecule has 0 unspecified atom stereocenters. The van der Waals surface area contributed by atoms with Gasteiger partial charge in [0.25, 0.3) is 0 Å². The van der Waals surface area contributed by atoms with E-state index in [4.69, 9.17) is 5.10 Å². The van der Waals surface area contributed by atoms with E-state index in [0.29, 0.717) is 12.8 Å². The number of para-hydroxylation sites is 1. The second kappa shape index (κ2) is 10.6. The largest absolute Gasteiger partial charge is 0.354 e. The molecule has 1 N–H and O–H groups in total. The first kappa shape index (κ1) is 21.6. The quantitative estimate of drug-likeness (QED) is 0.380. The Morgan fingerprint density at radius 3 is 2.19 bits per heavy atom. The van der Waals surface area contributed by atoms with Crippen molar-refractivity contribution in [2.75, 3.05) is 0 Å². The SMILES string of the molecule is C[C@H](CCc1ccccc1)NC(=O)CCc1cn(-c2ccccc2)nc1-c1ccccc1. The number of aryl methyl sites for hydroxylation is 2.